The van der Waals surface area contributed by atoms with Gasteiger partial charge in [0.25, 0.3) is 5.91 Å². The number of rotatable bonds is 2. The van der Waals surface area contributed by atoms with Crippen LogP contribution in [0.15, 0.2) is 41.5 Å². The first-order chi connectivity index (χ1) is 8.58. The minimum atomic E-state index is -0.442. The molecule has 1 heterocycles. The van der Waals surface area contributed by atoms with Gasteiger partial charge >= 0.3 is 0 Å². The summed E-state index contributed by atoms with van der Waals surface area (Å²) in [5.74, 6) is -0.442. The number of hydrogen-bond acceptors (Lipinski definition) is 2. The van der Waals surface area contributed by atoms with E-state index in [2.05, 4.69) is 10.3 Å². The molecule has 2 rings (SSSR count). The predicted octanol–water partition coefficient (Wildman–Crippen LogP) is 2.59. The quantitative estimate of drug-likeness (QED) is 0.874. The Hall–Kier alpha value is -2.07. The number of anilines is 1. The van der Waals surface area contributed by atoms with E-state index >= 15 is 0 Å². The van der Waals surface area contributed by atoms with Crippen LogP contribution in [0.1, 0.15) is 15.9 Å². The van der Waals surface area contributed by atoms with E-state index in [9.17, 15) is 9.59 Å². The molecule has 0 bridgehead atoms. The van der Waals surface area contributed by atoms with Gasteiger partial charge in [0.1, 0.15) is 5.56 Å². The maximum atomic E-state index is 11.9. The molecule has 0 unspecified atom stereocenters. The molecule has 0 fully saturated rings. The van der Waals surface area contributed by atoms with Crippen molar-refractivity contribution in [2.75, 3.05) is 5.32 Å². The fraction of sp³-hybridized carbons (Fsp3) is 0.0769. The molecule has 0 atom stereocenters. The molecule has 0 saturated heterocycles. The smallest absolute Gasteiger partial charge is 0.261 e. The van der Waals surface area contributed by atoms with Crippen molar-refractivity contribution in [2.24, 2.45) is 0 Å². The first-order valence-electron chi connectivity index (χ1n) is 5.32. The number of aryl methyl sites for hydroxylation is 1. The van der Waals surface area contributed by atoms with Gasteiger partial charge in [-0.25, -0.2) is 0 Å². The number of benzene rings is 1. The van der Waals surface area contributed by atoms with E-state index in [1.807, 2.05) is 6.92 Å². The number of H-pyrrole nitrogens is 1. The van der Waals surface area contributed by atoms with Gasteiger partial charge in [0.2, 0.25) is 0 Å². The fourth-order valence-corrected chi connectivity index (χ4v) is 1.78. The second kappa shape index (κ2) is 5.06. The lowest BCUT2D eigenvalue weighted by Crippen LogP contribution is -2.21. The lowest BCUT2D eigenvalue weighted by Gasteiger charge is -2.08. The Kier molecular flexibility index (Phi) is 3.48. The largest absolute Gasteiger partial charge is 0.367 e. The number of amides is 1. The van der Waals surface area contributed by atoms with Crippen molar-refractivity contribution in [1.82, 2.24) is 4.98 Å². The van der Waals surface area contributed by atoms with Gasteiger partial charge in [-0.1, -0.05) is 11.6 Å². The predicted molar refractivity (Wildman–Crippen MR) is 71.2 cm³/mol. The van der Waals surface area contributed by atoms with Crippen LogP contribution in [0.4, 0.5) is 5.69 Å². The molecule has 1 amide bonds. The molecule has 0 aliphatic heterocycles. The average Bonchev–Trinajstić information content (AvgIpc) is 2.33. The lowest BCUT2D eigenvalue weighted by molar-refractivity contribution is 0.102. The van der Waals surface area contributed by atoms with Crippen LogP contribution in [0, 0.1) is 6.92 Å². The number of carbonyl (C=O) groups excluding carboxylic acids is 1. The van der Waals surface area contributed by atoms with Gasteiger partial charge in [-0.15, -0.1) is 0 Å². The molecular formula is C13H11ClN2O2. The molecule has 1 aromatic carbocycles. The van der Waals surface area contributed by atoms with Gasteiger partial charge in [0.05, 0.1) is 0 Å². The van der Waals surface area contributed by atoms with Gasteiger partial charge in [0, 0.05) is 29.2 Å². The van der Waals surface area contributed by atoms with Gasteiger partial charge in [-0.3, -0.25) is 9.59 Å². The zero-order valence-corrected chi connectivity index (χ0v) is 10.4. The Bertz CT molecular complexity index is 649. The highest BCUT2D eigenvalue weighted by atomic mass is 35.5. The van der Waals surface area contributed by atoms with Crippen LogP contribution in [0.5, 0.6) is 0 Å². The Balaban J connectivity index is 2.27. The molecule has 5 heteroatoms. The van der Waals surface area contributed by atoms with Crippen molar-refractivity contribution in [1.29, 1.82) is 0 Å². The van der Waals surface area contributed by atoms with Crippen molar-refractivity contribution in [3.63, 3.8) is 0 Å². The molecule has 0 aliphatic rings. The van der Waals surface area contributed by atoms with Gasteiger partial charge < -0.3 is 10.3 Å². The summed E-state index contributed by atoms with van der Waals surface area (Å²) in [6, 6.07) is 6.43. The summed E-state index contributed by atoms with van der Waals surface area (Å²) in [7, 11) is 0. The zero-order valence-electron chi connectivity index (χ0n) is 9.66. The number of aromatic amines is 1. The number of aromatic nitrogens is 1. The minimum Gasteiger partial charge on any atom is -0.367 e. The van der Waals surface area contributed by atoms with Crippen LogP contribution in [0.2, 0.25) is 5.02 Å². The molecule has 0 spiro atoms. The zero-order chi connectivity index (χ0) is 13.1. The van der Waals surface area contributed by atoms with Crippen LogP contribution >= 0.6 is 11.6 Å². The highest BCUT2D eigenvalue weighted by Gasteiger charge is 2.10. The van der Waals surface area contributed by atoms with Gasteiger partial charge in [0.15, 0.2) is 5.43 Å². The van der Waals surface area contributed by atoms with E-state index in [-0.39, 0.29) is 11.0 Å². The maximum absolute atomic E-state index is 11.9. The molecule has 18 heavy (non-hydrogen) atoms. The average molecular weight is 263 g/mol. The van der Waals surface area contributed by atoms with E-state index in [1.54, 1.807) is 18.2 Å². The van der Waals surface area contributed by atoms with Crippen molar-refractivity contribution >= 4 is 23.2 Å². The normalized spacial score (nSPS) is 10.1. The Morgan fingerprint density at radius 2 is 2.11 bits per heavy atom. The van der Waals surface area contributed by atoms with Gasteiger partial charge in [-0.05, 0) is 30.7 Å². The number of pyridine rings is 1. The van der Waals surface area contributed by atoms with Gasteiger partial charge in [-0.2, -0.15) is 0 Å². The van der Waals surface area contributed by atoms with Crippen molar-refractivity contribution in [3.05, 3.63) is 63.0 Å². The molecular weight excluding hydrogens is 252 g/mol. The van der Waals surface area contributed by atoms with E-state index in [0.29, 0.717) is 10.7 Å². The molecule has 4 nitrogen and oxygen atoms in total. The summed E-state index contributed by atoms with van der Waals surface area (Å²) in [5, 5.41) is 3.28. The van der Waals surface area contributed by atoms with Crippen molar-refractivity contribution in [2.45, 2.75) is 6.92 Å². The molecule has 2 aromatic rings. The topological polar surface area (TPSA) is 62.0 Å². The fourth-order valence-electron chi connectivity index (χ4n) is 1.55. The van der Waals surface area contributed by atoms with Crippen LogP contribution in [0.25, 0.3) is 0 Å². The monoisotopic (exact) mass is 262 g/mol. The first-order valence-corrected chi connectivity index (χ1v) is 5.70. The molecule has 2 N–H and O–H groups in total. The third-order valence-electron chi connectivity index (χ3n) is 2.51. The Morgan fingerprint density at radius 1 is 1.33 bits per heavy atom. The van der Waals surface area contributed by atoms with Crippen LogP contribution in [-0.2, 0) is 0 Å². The molecule has 92 valence electrons. The summed E-state index contributed by atoms with van der Waals surface area (Å²) < 4.78 is 0. The van der Waals surface area contributed by atoms with Crippen LogP contribution in [0.3, 0.4) is 0 Å². The molecule has 1 aromatic heterocycles. The third-order valence-corrected chi connectivity index (χ3v) is 2.74. The summed E-state index contributed by atoms with van der Waals surface area (Å²) in [6.07, 6.45) is 2.86. The number of carbonyl (C=O) groups is 1. The second-order valence-electron chi connectivity index (χ2n) is 3.84. The molecule has 0 saturated carbocycles. The van der Waals surface area contributed by atoms with Crippen LogP contribution < -0.4 is 10.7 Å². The summed E-state index contributed by atoms with van der Waals surface area (Å²) in [5.41, 5.74) is 1.22. The van der Waals surface area contributed by atoms with E-state index in [4.69, 9.17) is 11.6 Å². The SMILES string of the molecule is Cc1cc(Cl)ccc1NC(=O)c1c[nH]ccc1=O. The molecule has 0 radical (unpaired) electrons. The van der Waals surface area contributed by atoms with E-state index in [1.165, 1.54) is 18.5 Å². The molecule has 0 aliphatic carbocycles. The standard InChI is InChI=1S/C13H11ClN2O2/c1-8-6-9(14)2-3-11(8)16-13(18)10-7-15-5-4-12(10)17/h2-7H,1H3,(H,15,17)(H,16,18). The number of halogens is 1. The van der Waals surface area contributed by atoms with Crippen molar-refractivity contribution in [3.8, 4) is 0 Å². The number of hydrogen-bond donors (Lipinski definition) is 2. The lowest BCUT2D eigenvalue weighted by atomic mass is 10.2. The Labute approximate surface area is 109 Å². The third kappa shape index (κ3) is 2.60. The highest BCUT2D eigenvalue weighted by molar-refractivity contribution is 6.30. The summed E-state index contributed by atoms with van der Waals surface area (Å²) >= 11 is 5.83. The number of nitrogens with one attached hydrogen (secondary N) is 2. The van der Waals surface area contributed by atoms with E-state index < -0.39 is 5.91 Å². The summed E-state index contributed by atoms with van der Waals surface area (Å²) in [6.45, 7) is 1.83. The maximum Gasteiger partial charge on any atom is 0.261 e. The summed E-state index contributed by atoms with van der Waals surface area (Å²) in [4.78, 5) is 26.1. The van der Waals surface area contributed by atoms with Crippen molar-refractivity contribution < 1.29 is 4.79 Å². The highest BCUT2D eigenvalue weighted by Crippen LogP contribution is 2.19. The van der Waals surface area contributed by atoms with Crippen LogP contribution in [-0.4, -0.2) is 10.9 Å². The van der Waals surface area contributed by atoms with E-state index in [0.717, 1.165) is 5.56 Å². The minimum absolute atomic E-state index is 0.0758. The first kappa shape index (κ1) is 12.4. The second-order valence-corrected chi connectivity index (χ2v) is 4.27. The Morgan fingerprint density at radius 3 is 2.78 bits per heavy atom.